The normalized spacial score (nSPS) is 10.3. The van der Waals surface area contributed by atoms with Gasteiger partial charge in [0.25, 0.3) is 5.91 Å². The molecule has 0 radical (unpaired) electrons. The molecule has 0 spiro atoms. The van der Waals surface area contributed by atoms with Crippen LogP contribution in [0.15, 0.2) is 17.5 Å². The minimum absolute atomic E-state index is 0.107. The molecule has 0 aliphatic heterocycles. The lowest BCUT2D eigenvalue weighted by Gasteiger charge is -2.08. The quantitative estimate of drug-likeness (QED) is 0.887. The highest BCUT2D eigenvalue weighted by atomic mass is 32.1. The highest BCUT2D eigenvalue weighted by Crippen LogP contribution is 2.12. The fourth-order valence-corrected chi connectivity index (χ4v) is 2.40. The van der Waals surface area contributed by atoms with E-state index in [1.165, 1.54) is 0 Å². The van der Waals surface area contributed by atoms with Crippen LogP contribution >= 0.6 is 11.3 Å². The van der Waals surface area contributed by atoms with Crippen LogP contribution in [-0.2, 0) is 13.0 Å². The van der Waals surface area contributed by atoms with Gasteiger partial charge in [-0.25, -0.2) is 9.97 Å². The first-order chi connectivity index (χ1) is 9.62. The molecule has 20 heavy (non-hydrogen) atoms. The lowest BCUT2D eigenvalue weighted by atomic mass is 10.2. The minimum Gasteiger partial charge on any atom is -0.373 e. The van der Waals surface area contributed by atoms with Crippen molar-refractivity contribution in [1.29, 1.82) is 0 Å². The van der Waals surface area contributed by atoms with E-state index >= 15 is 0 Å². The van der Waals surface area contributed by atoms with Gasteiger partial charge < -0.3 is 10.6 Å². The van der Waals surface area contributed by atoms with Gasteiger partial charge in [-0.3, -0.25) is 4.79 Å². The molecule has 0 aliphatic rings. The summed E-state index contributed by atoms with van der Waals surface area (Å²) in [5, 5.41) is 8.81. The molecule has 2 heterocycles. The van der Waals surface area contributed by atoms with E-state index in [1.807, 2.05) is 25.3 Å². The maximum Gasteiger partial charge on any atom is 0.251 e. The SMILES string of the molecule is CCc1cc(C(=O)NCc2csc(C)n2)cc(NC)n1. The number of amides is 1. The summed E-state index contributed by atoms with van der Waals surface area (Å²) in [6, 6.07) is 3.57. The fourth-order valence-electron chi connectivity index (χ4n) is 1.79. The molecule has 0 unspecified atom stereocenters. The second-order valence-corrected chi connectivity index (χ2v) is 5.44. The number of nitrogens with zero attached hydrogens (tertiary/aromatic N) is 2. The predicted molar refractivity (Wildman–Crippen MR) is 81.2 cm³/mol. The zero-order chi connectivity index (χ0) is 14.5. The Balaban J connectivity index is 2.08. The first-order valence-electron chi connectivity index (χ1n) is 6.50. The van der Waals surface area contributed by atoms with Crippen LogP contribution < -0.4 is 10.6 Å². The highest BCUT2D eigenvalue weighted by Gasteiger charge is 2.09. The fraction of sp³-hybridized carbons (Fsp3) is 0.357. The van der Waals surface area contributed by atoms with Crippen molar-refractivity contribution in [2.45, 2.75) is 26.8 Å². The van der Waals surface area contributed by atoms with Gasteiger partial charge >= 0.3 is 0 Å². The Kier molecular flexibility index (Phi) is 4.68. The van der Waals surface area contributed by atoms with Gasteiger partial charge in [-0.1, -0.05) is 6.92 Å². The van der Waals surface area contributed by atoms with E-state index in [-0.39, 0.29) is 5.91 Å². The van der Waals surface area contributed by atoms with Crippen LogP contribution in [-0.4, -0.2) is 22.9 Å². The summed E-state index contributed by atoms with van der Waals surface area (Å²) in [6.07, 6.45) is 0.793. The number of pyridine rings is 1. The van der Waals surface area contributed by atoms with Gasteiger partial charge in [0, 0.05) is 23.7 Å². The predicted octanol–water partition coefficient (Wildman–Crippen LogP) is 2.38. The molecule has 0 fully saturated rings. The molecule has 0 saturated carbocycles. The molecule has 0 atom stereocenters. The Morgan fingerprint density at radius 3 is 2.70 bits per heavy atom. The number of anilines is 1. The summed E-state index contributed by atoms with van der Waals surface area (Å²) in [5.74, 6) is 0.600. The first-order valence-corrected chi connectivity index (χ1v) is 7.38. The van der Waals surface area contributed by atoms with E-state index in [0.717, 1.165) is 22.8 Å². The number of nitrogens with one attached hydrogen (secondary N) is 2. The molecule has 0 aromatic carbocycles. The summed E-state index contributed by atoms with van der Waals surface area (Å²) >= 11 is 1.58. The number of hydrogen-bond donors (Lipinski definition) is 2. The van der Waals surface area contributed by atoms with Gasteiger partial charge in [-0.2, -0.15) is 0 Å². The molecule has 6 heteroatoms. The van der Waals surface area contributed by atoms with Crippen LogP contribution in [0.3, 0.4) is 0 Å². The van der Waals surface area contributed by atoms with Gasteiger partial charge in [0.15, 0.2) is 0 Å². The van der Waals surface area contributed by atoms with Gasteiger partial charge in [0.1, 0.15) is 5.82 Å². The summed E-state index contributed by atoms with van der Waals surface area (Å²) < 4.78 is 0. The third-order valence-corrected chi connectivity index (χ3v) is 3.68. The average Bonchev–Trinajstić information content (AvgIpc) is 2.89. The monoisotopic (exact) mass is 290 g/mol. The third kappa shape index (κ3) is 3.54. The standard InChI is InChI=1S/C14H18N4OS/c1-4-11-5-10(6-13(15-3)18-11)14(19)16-7-12-8-20-9(2)17-12/h5-6,8H,4,7H2,1-3H3,(H,15,18)(H,16,19). The van der Waals surface area contributed by atoms with E-state index in [9.17, 15) is 4.79 Å². The number of hydrogen-bond acceptors (Lipinski definition) is 5. The molecule has 106 valence electrons. The van der Waals surface area contributed by atoms with E-state index in [0.29, 0.717) is 17.9 Å². The zero-order valence-electron chi connectivity index (χ0n) is 11.9. The maximum atomic E-state index is 12.2. The average molecular weight is 290 g/mol. The Morgan fingerprint density at radius 1 is 1.30 bits per heavy atom. The van der Waals surface area contributed by atoms with Crippen LogP contribution in [0.2, 0.25) is 0 Å². The number of aryl methyl sites for hydroxylation is 2. The minimum atomic E-state index is -0.107. The smallest absolute Gasteiger partial charge is 0.251 e. The number of rotatable bonds is 5. The van der Waals surface area contributed by atoms with Crippen LogP contribution in [0.5, 0.6) is 0 Å². The number of carbonyl (C=O) groups excluding carboxylic acids is 1. The molecular formula is C14H18N4OS. The lowest BCUT2D eigenvalue weighted by Crippen LogP contribution is -2.23. The maximum absolute atomic E-state index is 12.2. The second kappa shape index (κ2) is 6.47. The van der Waals surface area contributed by atoms with Crippen LogP contribution in [0.4, 0.5) is 5.82 Å². The topological polar surface area (TPSA) is 66.9 Å². The Morgan fingerprint density at radius 2 is 2.10 bits per heavy atom. The van der Waals surface area contributed by atoms with Crippen molar-refractivity contribution in [3.8, 4) is 0 Å². The Hall–Kier alpha value is -1.95. The molecule has 1 amide bonds. The molecule has 0 aliphatic carbocycles. The number of thiazole rings is 1. The number of aromatic nitrogens is 2. The second-order valence-electron chi connectivity index (χ2n) is 4.38. The van der Waals surface area contributed by atoms with E-state index < -0.39 is 0 Å². The van der Waals surface area contributed by atoms with Gasteiger partial charge in [-0.15, -0.1) is 11.3 Å². The van der Waals surface area contributed by atoms with E-state index in [2.05, 4.69) is 20.6 Å². The molecule has 0 saturated heterocycles. The molecule has 2 aromatic rings. The van der Waals surface area contributed by atoms with Gasteiger partial charge in [-0.05, 0) is 25.5 Å². The van der Waals surface area contributed by atoms with Crippen molar-refractivity contribution < 1.29 is 4.79 Å². The van der Waals surface area contributed by atoms with Crippen molar-refractivity contribution in [2.24, 2.45) is 0 Å². The van der Waals surface area contributed by atoms with Gasteiger partial charge in [0.05, 0.1) is 17.2 Å². The largest absolute Gasteiger partial charge is 0.373 e. The summed E-state index contributed by atoms with van der Waals surface area (Å²) in [4.78, 5) is 20.9. The van der Waals surface area contributed by atoms with E-state index in [4.69, 9.17) is 0 Å². The van der Waals surface area contributed by atoms with Crippen molar-refractivity contribution in [3.05, 3.63) is 39.5 Å². The van der Waals surface area contributed by atoms with Crippen molar-refractivity contribution in [1.82, 2.24) is 15.3 Å². The summed E-state index contributed by atoms with van der Waals surface area (Å²) in [6.45, 7) is 4.41. The van der Waals surface area contributed by atoms with Crippen LogP contribution in [0.25, 0.3) is 0 Å². The van der Waals surface area contributed by atoms with Crippen molar-refractivity contribution in [2.75, 3.05) is 12.4 Å². The molecule has 5 nitrogen and oxygen atoms in total. The molecule has 2 aromatic heterocycles. The lowest BCUT2D eigenvalue weighted by molar-refractivity contribution is 0.0950. The molecule has 0 bridgehead atoms. The number of carbonyl (C=O) groups is 1. The van der Waals surface area contributed by atoms with E-state index in [1.54, 1.807) is 24.5 Å². The Bertz CT molecular complexity index is 587. The Labute approximate surface area is 122 Å². The van der Waals surface area contributed by atoms with Crippen LogP contribution in [0.1, 0.15) is 33.7 Å². The summed E-state index contributed by atoms with van der Waals surface area (Å²) in [5.41, 5.74) is 2.40. The molecule has 2 rings (SSSR count). The third-order valence-electron chi connectivity index (χ3n) is 2.86. The van der Waals surface area contributed by atoms with Crippen molar-refractivity contribution >= 4 is 23.1 Å². The molecular weight excluding hydrogens is 272 g/mol. The zero-order valence-corrected chi connectivity index (χ0v) is 12.7. The van der Waals surface area contributed by atoms with Crippen molar-refractivity contribution in [3.63, 3.8) is 0 Å². The van der Waals surface area contributed by atoms with Crippen LogP contribution in [0, 0.1) is 6.92 Å². The van der Waals surface area contributed by atoms with Gasteiger partial charge in [0.2, 0.25) is 0 Å². The highest BCUT2D eigenvalue weighted by molar-refractivity contribution is 7.09. The molecule has 2 N–H and O–H groups in total. The first kappa shape index (κ1) is 14.5. The summed E-state index contributed by atoms with van der Waals surface area (Å²) in [7, 11) is 1.79.